The summed E-state index contributed by atoms with van der Waals surface area (Å²) in [6, 6.07) is 6.47. The van der Waals surface area contributed by atoms with Crippen LogP contribution in [0.4, 0.5) is 19.2 Å². The topological polar surface area (TPSA) is 92.6 Å². The van der Waals surface area contributed by atoms with Crippen LogP contribution in [-0.4, -0.2) is 41.4 Å². The van der Waals surface area contributed by atoms with Crippen LogP contribution < -0.4 is 10.6 Å². The smallest absolute Gasteiger partial charge is 0.475 e. The highest BCUT2D eigenvalue weighted by Crippen LogP contribution is 2.26. The number of halogens is 4. The maximum absolute atomic E-state index is 10.6. The minimum absolute atomic E-state index is 0.310. The fraction of sp³-hybridized carbons (Fsp3) is 0.429. The number of benzene rings is 1. The van der Waals surface area contributed by atoms with E-state index < -0.39 is 12.1 Å². The van der Waals surface area contributed by atoms with Gasteiger partial charge in [0.25, 0.3) is 6.01 Å². The molecule has 24 heavy (non-hydrogen) atoms. The number of carboxylic acids is 1. The molecular formula is C14H15ClF3N3O3. The van der Waals surface area contributed by atoms with Gasteiger partial charge in [0.1, 0.15) is 5.52 Å². The molecule has 2 heterocycles. The molecule has 1 saturated heterocycles. The van der Waals surface area contributed by atoms with Crippen molar-refractivity contribution >= 4 is 34.7 Å². The Morgan fingerprint density at radius 3 is 2.50 bits per heavy atom. The van der Waals surface area contributed by atoms with Crippen molar-refractivity contribution in [3.63, 3.8) is 0 Å². The second-order valence-electron chi connectivity index (χ2n) is 5.24. The maximum Gasteiger partial charge on any atom is 0.490 e. The molecule has 3 rings (SSSR count). The summed E-state index contributed by atoms with van der Waals surface area (Å²) < 4.78 is 37.4. The Morgan fingerprint density at radius 2 is 1.96 bits per heavy atom. The van der Waals surface area contributed by atoms with Gasteiger partial charge in [0.05, 0.1) is 0 Å². The number of nitrogens with zero attached hydrogens (tertiary/aromatic N) is 2. The summed E-state index contributed by atoms with van der Waals surface area (Å²) in [5.74, 6) is -2.76. The summed E-state index contributed by atoms with van der Waals surface area (Å²) in [4.78, 5) is 15.5. The van der Waals surface area contributed by atoms with Gasteiger partial charge in [0, 0.05) is 24.2 Å². The molecule has 3 N–H and O–H groups in total. The number of hydrogen-bond acceptors (Lipinski definition) is 5. The number of alkyl halides is 3. The van der Waals surface area contributed by atoms with Gasteiger partial charge in [-0.3, -0.25) is 0 Å². The molecule has 1 aliphatic heterocycles. The zero-order chi connectivity index (χ0) is 17.9. The number of carbonyl (C=O) groups is 1. The molecule has 1 aliphatic rings. The molecule has 2 aromatic rings. The monoisotopic (exact) mass is 365 g/mol. The molecule has 0 atom stereocenters. The molecule has 132 valence electrons. The average Bonchev–Trinajstić information content (AvgIpc) is 2.90. The standard InChI is InChI=1S/C12H14ClN3O.C2HF3O2/c13-8-1-2-11-10(7-8)15-12(17-11)16-5-3-9(14)4-6-16;3-2(4,5)1(6)7/h1-2,7,9H,3-6,14H2;(H,6,7). The number of oxazole rings is 1. The van der Waals surface area contributed by atoms with E-state index in [4.69, 9.17) is 31.7 Å². The number of aliphatic carboxylic acids is 1. The molecule has 0 unspecified atom stereocenters. The molecule has 0 amide bonds. The van der Waals surface area contributed by atoms with Crippen LogP contribution in [0.1, 0.15) is 12.8 Å². The Kier molecular flexibility index (Phi) is 5.55. The molecule has 0 aliphatic carbocycles. The minimum Gasteiger partial charge on any atom is -0.475 e. The lowest BCUT2D eigenvalue weighted by Gasteiger charge is -2.28. The normalized spacial score (nSPS) is 16.0. The summed E-state index contributed by atoms with van der Waals surface area (Å²) in [5, 5.41) is 7.80. The summed E-state index contributed by atoms with van der Waals surface area (Å²) in [5.41, 5.74) is 7.46. The third-order valence-electron chi connectivity index (χ3n) is 3.39. The van der Waals surface area contributed by atoms with Gasteiger partial charge in [-0.25, -0.2) is 4.79 Å². The van der Waals surface area contributed by atoms with Gasteiger partial charge in [-0.05, 0) is 31.0 Å². The summed E-state index contributed by atoms with van der Waals surface area (Å²) >= 11 is 5.92. The molecule has 0 spiro atoms. The lowest BCUT2D eigenvalue weighted by Crippen LogP contribution is -2.39. The van der Waals surface area contributed by atoms with Crippen molar-refractivity contribution in [2.45, 2.75) is 25.1 Å². The summed E-state index contributed by atoms with van der Waals surface area (Å²) in [6.07, 6.45) is -3.11. The first-order valence-corrected chi connectivity index (χ1v) is 7.41. The quantitative estimate of drug-likeness (QED) is 0.807. The van der Waals surface area contributed by atoms with E-state index >= 15 is 0 Å². The van der Waals surface area contributed by atoms with Gasteiger partial charge < -0.3 is 20.2 Å². The lowest BCUT2D eigenvalue weighted by molar-refractivity contribution is -0.192. The van der Waals surface area contributed by atoms with Crippen LogP contribution in [0.25, 0.3) is 11.1 Å². The van der Waals surface area contributed by atoms with Crippen LogP contribution in [0.15, 0.2) is 22.6 Å². The first-order chi connectivity index (χ1) is 11.2. The molecule has 10 heteroatoms. The van der Waals surface area contributed by atoms with Gasteiger partial charge in [-0.2, -0.15) is 18.2 Å². The highest BCUT2D eigenvalue weighted by molar-refractivity contribution is 6.31. The first kappa shape index (κ1) is 18.3. The molecule has 0 saturated carbocycles. The Hall–Kier alpha value is -2.00. The second kappa shape index (κ2) is 7.27. The third kappa shape index (κ3) is 4.75. The van der Waals surface area contributed by atoms with E-state index in [1.54, 1.807) is 0 Å². The summed E-state index contributed by atoms with van der Waals surface area (Å²) in [7, 11) is 0. The number of hydrogen-bond donors (Lipinski definition) is 2. The first-order valence-electron chi connectivity index (χ1n) is 7.03. The van der Waals surface area contributed by atoms with E-state index in [0.29, 0.717) is 17.1 Å². The van der Waals surface area contributed by atoms with Crippen LogP contribution in [-0.2, 0) is 4.79 Å². The zero-order valence-corrected chi connectivity index (χ0v) is 13.1. The zero-order valence-electron chi connectivity index (χ0n) is 12.4. The van der Waals surface area contributed by atoms with Crippen molar-refractivity contribution in [1.82, 2.24) is 4.98 Å². The SMILES string of the molecule is NC1CCN(c2nc3cc(Cl)ccc3o2)CC1.O=C(O)C(F)(F)F. The Morgan fingerprint density at radius 1 is 1.38 bits per heavy atom. The highest BCUT2D eigenvalue weighted by atomic mass is 35.5. The van der Waals surface area contributed by atoms with Crippen molar-refractivity contribution in [2.24, 2.45) is 5.73 Å². The van der Waals surface area contributed by atoms with E-state index in [2.05, 4.69) is 9.88 Å². The summed E-state index contributed by atoms with van der Waals surface area (Å²) in [6.45, 7) is 1.81. The van der Waals surface area contributed by atoms with E-state index in [9.17, 15) is 13.2 Å². The third-order valence-corrected chi connectivity index (χ3v) is 3.63. The minimum atomic E-state index is -5.08. The van der Waals surface area contributed by atoms with Crippen molar-refractivity contribution < 1.29 is 27.5 Å². The van der Waals surface area contributed by atoms with Crippen molar-refractivity contribution in [3.05, 3.63) is 23.2 Å². The van der Waals surface area contributed by atoms with Crippen LogP contribution in [0, 0.1) is 0 Å². The average molecular weight is 366 g/mol. The molecule has 1 fully saturated rings. The molecule has 0 radical (unpaired) electrons. The van der Waals surface area contributed by atoms with Gasteiger partial charge in [-0.15, -0.1) is 0 Å². The van der Waals surface area contributed by atoms with Crippen LogP contribution >= 0.6 is 11.6 Å². The fourth-order valence-electron chi connectivity index (χ4n) is 2.11. The van der Waals surface area contributed by atoms with Crippen LogP contribution in [0.2, 0.25) is 5.02 Å². The highest BCUT2D eigenvalue weighted by Gasteiger charge is 2.38. The van der Waals surface area contributed by atoms with Gasteiger partial charge in [0.2, 0.25) is 0 Å². The van der Waals surface area contributed by atoms with Crippen molar-refractivity contribution in [2.75, 3.05) is 18.0 Å². The van der Waals surface area contributed by atoms with E-state index in [-0.39, 0.29) is 0 Å². The number of aromatic nitrogens is 1. The molecule has 0 bridgehead atoms. The molecule has 6 nitrogen and oxygen atoms in total. The molecule has 1 aromatic carbocycles. The Balaban J connectivity index is 0.000000256. The fourth-order valence-corrected chi connectivity index (χ4v) is 2.28. The number of anilines is 1. The van der Waals surface area contributed by atoms with Crippen molar-refractivity contribution in [3.8, 4) is 0 Å². The predicted molar refractivity (Wildman–Crippen MR) is 82.1 cm³/mol. The van der Waals surface area contributed by atoms with Gasteiger partial charge in [-0.1, -0.05) is 11.6 Å². The maximum atomic E-state index is 10.6. The predicted octanol–water partition coefficient (Wildman–Crippen LogP) is 3.04. The second-order valence-corrected chi connectivity index (χ2v) is 5.67. The Bertz CT molecular complexity index is 712. The van der Waals surface area contributed by atoms with E-state index in [1.807, 2.05) is 18.2 Å². The largest absolute Gasteiger partial charge is 0.490 e. The van der Waals surface area contributed by atoms with Crippen LogP contribution in [0.3, 0.4) is 0 Å². The van der Waals surface area contributed by atoms with E-state index in [1.165, 1.54) is 0 Å². The van der Waals surface area contributed by atoms with Crippen LogP contribution in [0.5, 0.6) is 0 Å². The number of piperidine rings is 1. The van der Waals surface area contributed by atoms with Gasteiger partial charge >= 0.3 is 12.1 Å². The Labute approximate surface area is 140 Å². The number of carboxylic acid groups (broad SMARTS) is 1. The lowest BCUT2D eigenvalue weighted by atomic mass is 10.1. The number of rotatable bonds is 1. The van der Waals surface area contributed by atoms with Crippen molar-refractivity contribution in [1.29, 1.82) is 0 Å². The van der Waals surface area contributed by atoms with E-state index in [0.717, 1.165) is 37.0 Å². The number of fused-ring (bicyclic) bond motifs is 1. The molecular weight excluding hydrogens is 351 g/mol. The number of nitrogens with two attached hydrogens (primary N) is 1. The van der Waals surface area contributed by atoms with Gasteiger partial charge in [0.15, 0.2) is 5.58 Å². The molecule has 1 aromatic heterocycles.